The first-order valence-corrected chi connectivity index (χ1v) is 15.4. The van der Waals surface area contributed by atoms with Crippen LogP contribution in [-0.2, 0) is 26.4 Å². The number of allylic oxidation sites excluding steroid dienone is 3. The van der Waals surface area contributed by atoms with Crippen molar-refractivity contribution in [2.75, 3.05) is 34.6 Å². The molecule has 0 aliphatic rings. The van der Waals surface area contributed by atoms with E-state index < -0.39 is 28.8 Å². The molecule has 14 nitrogen and oxygen atoms in total. The number of ether oxygens (including phenoxy) is 4. The first-order valence-electron chi connectivity index (χ1n) is 13.5. The summed E-state index contributed by atoms with van der Waals surface area (Å²) in [5, 5.41) is 19.8. The molecule has 0 aliphatic heterocycles. The summed E-state index contributed by atoms with van der Waals surface area (Å²) >= 11 is 0. The van der Waals surface area contributed by atoms with Gasteiger partial charge < -0.3 is 38.2 Å². The molecule has 0 spiro atoms. The minimum Gasteiger partial charge on any atom is -0.508 e. The summed E-state index contributed by atoms with van der Waals surface area (Å²) in [6.45, 7) is -0.567. The van der Waals surface area contributed by atoms with E-state index in [0.717, 1.165) is 16.9 Å². The van der Waals surface area contributed by atoms with Gasteiger partial charge in [-0.3, -0.25) is 9.59 Å². The van der Waals surface area contributed by atoms with E-state index in [9.17, 15) is 33.0 Å². The normalized spacial score (nSPS) is 11.7. The number of phenols is 1. The van der Waals surface area contributed by atoms with Gasteiger partial charge in [0.1, 0.15) is 11.3 Å². The second-order valence-electron chi connectivity index (χ2n) is 9.82. The molecule has 2 N–H and O–H groups in total. The van der Waals surface area contributed by atoms with E-state index in [1.165, 1.54) is 100 Å². The summed E-state index contributed by atoms with van der Waals surface area (Å²) in [4.78, 5) is 38.5. The average Bonchev–Trinajstić information content (AvgIpc) is 3.02. The maximum Gasteiger partial charge on any atom is 0.518 e. The molecule has 3 aromatic rings. The number of carbonyl (C=O) groups excluding carboxylic acids is 3. The third kappa shape index (κ3) is 10.9. The van der Waals surface area contributed by atoms with E-state index in [0.29, 0.717) is 11.1 Å². The Morgan fingerprint density at radius 3 is 2.17 bits per heavy atom. The maximum atomic E-state index is 12.5. The number of nitrogens with zero attached hydrogens (tertiary/aromatic N) is 2. The largest absolute Gasteiger partial charge is 0.518 e. The van der Waals surface area contributed by atoms with Crippen LogP contribution >= 0.6 is 0 Å². The number of hydrogen-bond acceptors (Lipinski definition) is 12. The van der Waals surface area contributed by atoms with Crippen LogP contribution in [0.2, 0.25) is 0 Å². The van der Waals surface area contributed by atoms with Gasteiger partial charge in [-0.1, -0.05) is 24.3 Å². The molecular weight excluding hydrogens is 636 g/mol. The molecule has 0 saturated carbocycles. The van der Waals surface area contributed by atoms with Crippen molar-refractivity contribution >= 4 is 40.1 Å². The van der Waals surface area contributed by atoms with E-state index >= 15 is 0 Å². The Morgan fingerprint density at radius 1 is 0.894 bits per heavy atom. The van der Waals surface area contributed by atoms with Gasteiger partial charge in [0, 0.05) is 20.2 Å². The van der Waals surface area contributed by atoms with Crippen molar-refractivity contribution in [3.8, 4) is 28.9 Å². The molecule has 1 heterocycles. The van der Waals surface area contributed by atoms with Gasteiger partial charge in [0.15, 0.2) is 35.0 Å². The van der Waals surface area contributed by atoms with Crippen molar-refractivity contribution in [1.29, 1.82) is 0 Å². The van der Waals surface area contributed by atoms with E-state index in [4.69, 9.17) is 23.1 Å². The fraction of sp³-hybridized carbons (Fsp3) is 0.188. The van der Waals surface area contributed by atoms with E-state index in [2.05, 4.69) is 0 Å². The Morgan fingerprint density at radius 2 is 1.53 bits per heavy atom. The number of hydrogen-bond donors (Lipinski definition) is 2. The third-order valence-electron chi connectivity index (χ3n) is 5.96. The molecule has 0 atom stereocenters. The van der Waals surface area contributed by atoms with Crippen LogP contribution in [0.5, 0.6) is 28.9 Å². The smallest absolute Gasteiger partial charge is 0.508 e. The second kappa shape index (κ2) is 15.9. The predicted octanol–water partition coefficient (Wildman–Crippen LogP) is 3.65. The number of aromatic hydroxyl groups is 1. The number of amides is 1. The van der Waals surface area contributed by atoms with Crippen LogP contribution < -0.4 is 23.0 Å². The molecule has 1 amide bonds. The molecule has 3 rings (SSSR count). The van der Waals surface area contributed by atoms with Gasteiger partial charge in [0.05, 0.1) is 26.5 Å². The van der Waals surface area contributed by atoms with Crippen LogP contribution in [0.1, 0.15) is 21.5 Å². The summed E-state index contributed by atoms with van der Waals surface area (Å²) in [6, 6.07) is 11.6. The van der Waals surface area contributed by atoms with E-state index in [1.807, 2.05) is 0 Å². The highest BCUT2D eigenvalue weighted by Gasteiger charge is 2.23. The molecule has 0 unspecified atom stereocenters. The predicted molar refractivity (Wildman–Crippen MR) is 169 cm³/mol. The number of ketones is 1. The van der Waals surface area contributed by atoms with Gasteiger partial charge in [-0.05, 0) is 53.6 Å². The number of aromatic nitrogens is 1. The lowest BCUT2D eigenvalue weighted by Crippen LogP contribution is -2.40. The Hall–Kier alpha value is -5.83. The SMILES string of the molecule is COc1cc(/C=C/C(O)=C/C(=O)/C=C/c2ccc(OC(=O)OC[n+]3cc(C(=O)N(C)C)ccc3OS(C)(=O)=O)c(OC)c2)ccc1O. The molecule has 47 heavy (non-hydrogen) atoms. The minimum atomic E-state index is -3.94. The number of pyridine rings is 1. The van der Waals surface area contributed by atoms with Crippen LogP contribution in [0.3, 0.4) is 0 Å². The van der Waals surface area contributed by atoms with Crippen LogP contribution in [0, 0.1) is 0 Å². The maximum absolute atomic E-state index is 12.5. The number of methoxy groups -OCH3 is 2. The number of aliphatic hydroxyl groups is 1. The van der Waals surface area contributed by atoms with Crippen LogP contribution in [-0.4, -0.2) is 75.9 Å². The lowest BCUT2D eigenvalue weighted by molar-refractivity contribution is -0.729. The Balaban J connectivity index is 1.66. The molecule has 2 aromatic carbocycles. The summed E-state index contributed by atoms with van der Waals surface area (Å²) in [6.07, 6.45) is 7.43. The molecule has 0 radical (unpaired) electrons. The number of aliphatic hydroxyl groups excluding tert-OH is 1. The molecule has 0 aliphatic carbocycles. The van der Waals surface area contributed by atoms with Crippen LogP contribution in [0.4, 0.5) is 4.79 Å². The zero-order chi connectivity index (χ0) is 34.7. The first kappa shape index (κ1) is 35.6. The number of benzene rings is 2. The molecular formula is C32H33N2O12S+. The van der Waals surface area contributed by atoms with Crippen molar-refractivity contribution in [1.82, 2.24) is 4.90 Å². The Bertz CT molecular complexity index is 1850. The van der Waals surface area contributed by atoms with Crippen molar-refractivity contribution < 1.29 is 60.7 Å². The second-order valence-corrected chi connectivity index (χ2v) is 11.4. The van der Waals surface area contributed by atoms with Crippen LogP contribution in [0.25, 0.3) is 12.2 Å². The fourth-order valence-electron chi connectivity index (χ4n) is 3.76. The van der Waals surface area contributed by atoms with Gasteiger partial charge in [-0.25, -0.2) is 4.79 Å². The molecule has 0 saturated heterocycles. The van der Waals surface area contributed by atoms with Crippen molar-refractivity contribution in [3.63, 3.8) is 0 Å². The van der Waals surface area contributed by atoms with Crippen molar-refractivity contribution in [2.45, 2.75) is 6.73 Å². The van der Waals surface area contributed by atoms with Crippen molar-refractivity contribution in [3.05, 3.63) is 95.4 Å². The topological polar surface area (TPSA) is 179 Å². The molecule has 0 fully saturated rings. The lowest BCUT2D eigenvalue weighted by atomic mass is 10.1. The zero-order valence-electron chi connectivity index (χ0n) is 26.1. The minimum absolute atomic E-state index is 0.0244. The van der Waals surface area contributed by atoms with E-state index in [1.54, 1.807) is 12.1 Å². The van der Waals surface area contributed by atoms with Crippen molar-refractivity contribution in [2.24, 2.45) is 0 Å². The molecule has 1 aromatic heterocycles. The average molecular weight is 670 g/mol. The summed E-state index contributed by atoms with van der Waals surface area (Å²) in [5.74, 6) is -1.11. The number of phenolic OH excluding ortho intramolecular Hbond substituents is 1. The third-order valence-corrected chi connectivity index (χ3v) is 6.43. The highest BCUT2D eigenvalue weighted by Crippen LogP contribution is 2.29. The number of carbonyl (C=O) groups is 3. The standard InChI is InChI=1S/C32H32N2O12S/c1-33(2)31(38)23-10-15-30(46-47(5,40)41)34(19-23)20-44-32(39)45-27-14-9-22(17-29(27)43-4)7-12-25(36)18-24(35)11-6-21-8-13-26(37)28(16-21)42-3/h6-19H,20H2,1-5H3,(H-,35,36,37)/p+1/b12-7+. The lowest BCUT2D eigenvalue weighted by Gasteiger charge is -2.11. The number of rotatable bonds is 13. The highest BCUT2D eigenvalue weighted by molar-refractivity contribution is 7.86. The first-order chi connectivity index (χ1) is 22.2. The molecule has 15 heteroatoms. The summed E-state index contributed by atoms with van der Waals surface area (Å²) < 4.78 is 50.1. The molecule has 0 bridgehead atoms. The van der Waals surface area contributed by atoms with Gasteiger partial charge in [-0.15, -0.1) is 4.57 Å². The Labute approximate surface area is 271 Å². The molecule has 248 valence electrons. The monoisotopic (exact) mass is 669 g/mol. The highest BCUT2D eigenvalue weighted by atomic mass is 32.2. The summed E-state index contributed by atoms with van der Waals surface area (Å²) in [5.41, 5.74) is 1.29. The fourth-order valence-corrected chi connectivity index (χ4v) is 4.22. The zero-order valence-corrected chi connectivity index (χ0v) is 26.9. The van der Waals surface area contributed by atoms with Gasteiger partial charge >= 0.3 is 28.9 Å². The van der Waals surface area contributed by atoms with Crippen LogP contribution in [0.15, 0.2) is 78.7 Å². The van der Waals surface area contributed by atoms with Gasteiger partial charge in [0.2, 0.25) is 0 Å². The summed E-state index contributed by atoms with van der Waals surface area (Å²) in [7, 11) is 1.87. The Kier molecular flexibility index (Phi) is 12.1. The van der Waals surface area contributed by atoms with Gasteiger partial charge in [0.25, 0.3) is 5.91 Å². The van der Waals surface area contributed by atoms with Gasteiger partial charge in [-0.2, -0.15) is 8.42 Å². The quantitative estimate of drug-likeness (QED) is 0.0514. The van der Waals surface area contributed by atoms with E-state index in [-0.39, 0.29) is 46.1 Å².